The number of hydrogen-bond donors (Lipinski definition) is 3. The van der Waals surface area contributed by atoms with Crippen LogP contribution in [0, 0.1) is 11.8 Å². The summed E-state index contributed by atoms with van der Waals surface area (Å²) in [6, 6.07) is 14.1. The second kappa shape index (κ2) is 13.1. The summed E-state index contributed by atoms with van der Waals surface area (Å²) < 4.78 is 5.39. The van der Waals surface area contributed by atoms with Gasteiger partial charge in [-0.25, -0.2) is 0 Å². The third kappa shape index (κ3) is 8.74. The van der Waals surface area contributed by atoms with Crippen LogP contribution in [0.3, 0.4) is 0 Å². The molecule has 1 atom stereocenters. The van der Waals surface area contributed by atoms with Crippen molar-refractivity contribution < 1.29 is 19.1 Å². The quantitative estimate of drug-likeness (QED) is 0.499. The van der Waals surface area contributed by atoms with Crippen LogP contribution in [-0.4, -0.2) is 61.5 Å². The molecule has 2 aromatic rings. The molecule has 1 aliphatic heterocycles. The van der Waals surface area contributed by atoms with Crippen molar-refractivity contribution in [2.75, 3.05) is 32.8 Å². The molecule has 1 saturated heterocycles. The van der Waals surface area contributed by atoms with Crippen molar-refractivity contribution in [3.63, 3.8) is 0 Å². The van der Waals surface area contributed by atoms with Gasteiger partial charge in [0.25, 0.3) is 5.91 Å². The van der Waals surface area contributed by atoms with Gasteiger partial charge < -0.3 is 21.1 Å². The van der Waals surface area contributed by atoms with Crippen molar-refractivity contribution in [3.05, 3.63) is 76.9 Å². The first-order valence-corrected chi connectivity index (χ1v) is 11.4. The van der Waals surface area contributed by atoms with Crippen LogP contribution in [0.1, 0.15) is 34.0 Å². The van der Waals surface area contributed by atoms with Gasteiger partial charge in [-0.2, -0.15) is 0 Å². The number of primary amides is 1. The summed E-state index contributed by atoms with van der Waals surface area (Å²) in [6.45, 7) is 5.71. The number of rotatable bonds is 8. The number of allylic oxidation sites excluding steroid dienone is 1. The largest absolute Gasteiger partial charge is 0.379 e. The van der Waals surface area contributed by atoms with Gasteiger partial charge >= 0.3 is 0 Å². The highest BCUT2D eigenvalue weighted by Crippen LogP contribution is 2.10. The summed E-state index contributed by atoms with van der Waals surface area (Å²) in [5.41, 5.74) is 8.74. The van der Waals surface area contributed by atoms with Gasteiger partial charge in [-0.1, -0.05) is 36.1 Å². The van der Waals surface area contributed by atoms with E-state index in [-0.39, 0.29) is 12.5 Å². The van der Waals surface area contributed by atoms with Crippen LogP contribution >= 0.6 is 0 Å². The van der Waals surface area contributed by atoms with E-state index in [0.717, 1.165) is 44.0 Å². The summed E-state index contributed by atoms with van der Waals surface area (Å²) in [6.07, 6.45) is 3.74. The fourth-order valence-corrected chi connectivity index (χ4v) is 3.43. The second-order valence-corrected chi connectivity index (χ2v) is 8.18. The molecule has 8 heteroatoms. The molecule has 4 N–H and O–H groups in total. The van der Waals surface area contributed by atoms with E-state index < -0.39 is 17.9 Å². The van der Waals surface area contributed by atoms with Gasteiger partial charge in [-0.05, 0) is 47.5 Å². The Labute approximate surface area is 205 Å². The van der Waals surface area contributed by atoms with Crippen LogP contribution in [0.2, 0.25) is 0 Å². The van der Waals surface area contributed by atoms with Crippen LogP contribution in [0.25, 0.3) is 6.08 Å². The molecule has 8 nitrogen and oxygen atoms in total. The van der Waals surface area contributed by atoms with Crippen LogP contribution in [-0.2, 0) is 20.9 Å². The van der Waals surface area contributed by atoms with Crippen molar-refractivity contribution in [2.24, 2.45) is 5.73 Å². The van der Waals surface area contributed by atoms with Gasteiger partial charge in [0, 0.05) is 44.2 Å². The highest BCUT2D eigenvalue weighted by atomic mass is 16.5. The molecule has 1 aliphatic rings. The fraction of sp³-hybridized carbons (Fsp3) is 0.296. The molecular formula is C27H30N4O4. The van der Waals surface area contributed by atoms with Gasteiger partial charge in [0.2, 0.25) is 11.8 Å². The molecule has 0 saturated carbocycles. The molecule has 182 valence electrons. The molecule has 0 aliphatic carbocycles. The molecule has 3 amide bonds. The SMILES string of the molecule is CC(=O)NC[C@H](NC(=O)c1ccc(C#C/C=C/c2ccc(CN3CCOCC3)cc2)cc1)C(N)=O. The van der Waals surface area contributed by atoms with Crippen molar-refractivity contribution in [3.8, 4) is 11.8 Å². The van der Waals surface area contributed by atoms with E-state index in [4.69, 9.17) is 10.5 Å². The molecule has 3 rings (SSSR count). The van der Waals surface area contributed by atoms with Gasteiger partial charge in [-0.15, -0.1) is 0 Å². The van der Waals surface area contributed by atoms with E-state index in [0.29, 0.717) is 5.56 Å². The summed E-state index contributed by atoms with van der Waals surface area (Å²) in [7, 11) is 0. The van der Waals surface area contributed by atoms with E-state index in [1.165, 1.54) is 12.5 Å². The van der Waals surface area contributed by atoms with Gasteiger partial charge in [-0.3, -0.25) is 19.3 Å². The molecule has 35 heavy (non-hydrogen) atoms. The maximum Gasteiger partial charge on any atom is 0.251 e. The topological polar surface area (TPSA) is 114 Å². The highest BCUT2D eigenvalue weighted by Gasteiger charge is 2.19. The first-order chi connectivity index (χ1) is 16.9. The van der Waals surface area contributed by atoms with Gasteiger partial charge in [0.15, 0.2) is 0 Å². The minimum absolute atomic E-state index is 0.0666. The number of nitrogens with one attached hydrogen (secondary N) is 2. The minimum atomic E-state index is -0.996. The van der Waals surface area contributed by atoms with Crippen molar-refractivity contribution in [1.29, 1.82) is 0 Å². The number of amides is 3. The number of nitrogens with zero attached hydrogens (tertiary/aromatic N) is 1. The zero-order valence-corrected chi connectivity index (χ0v) is 19.8. The van der Waals surface area contributed by atoms with Gasteiger partial charge in [0.05, 0.1) is 13.2 Å². The maximum absolute atomic E-state index is 12.4. The number of carbonyl (C=O) groups is 3. The molecule has 1 fully saturated rings. The Kier molecular flexibility index (Phi) is 9.60. The van der Waals surface area contributed by atoms with E-state index in [1.807, 2.05) is 6.08 Å². The van der Waals surface area contributed by atoms with Crippen LogP contribution < -0.4 is 16.4 Å². The number of hydrogen-bond acceptors (Lipinski definition) is 5. The normalized spacial score (nSPS) is 14.5. The lowest BCUT2D eigenvalue weighted by Gasteiger charge is -2.26. The van der Waals surface area contributed by atoms with Crippen molar-refractivity contribution >= 4 is 23.8 Å². The smallest absolute Gasteiger partial charge is 0.251 e. The maximum atomic E-state index is 12.4. The van der Waals surface area contributed by atoms with E-state index in [9.17, 15) is 14.4 Å². The second-order valence-electron chi connectivity index (χ2n) is 8.18. The Morgan fingerprint density at radius 2 is 1.77 bits per heavy atom. The predicted molar refractivity (Wildman–Crippen MR) is 134 cm³/mol. The Balaban J connectivity index is 1.51. The van der Waals surface area contributed by atoms with Gasteiger partial charge in [0.1, 0.15) is 6.04 Å². The summed E-state index contributed by atoms with van der Waals surface area (Å²) >= 11 is 0. The summed E-state index contributed by atoms with van der Waals surface area (Å²) in [4.78, 5) is 37.3. The number of nitrogens with two attached hydrogens (primary N) is 1. The third-order valence-corrected chi connectivity index (χ3v) is 5.42. The molecule has 0 radical (unpaired) electrons. The first kappa shape index (κ1) is 25.7. The predicted octanol–water partition coefficient (Wildman–Crippen LogP) is 1.30. The molecule has 0 unspecified atom stereocenters. The molecule has 0 spiro atoms. The minimum Gasteiger partial charge on any atom is -0.379 e. The molecular weight excluding hydrogens is 444 g/mol. The number of benzene rings is 2. The average molecular weight is 475 g/mol. The third-order valence-electron chi connectivity index (χ3n) is 5.42. The Bertz CT molecular complexity index is 1110. The monoisotopic (exact) mass is 474 g/mol. The Morgan fingerprint density at radius 3 is 2.40 bits per heavy atom. The lowest BCUT2D eigenvalue weighted by Crippen LogP contribution is -2.50. The standard InChI is InChI=1S/C27H30N4O4/c1-20(32)29-18-25(26(28)33)30-27(34)24-12-10-22(11-13-24)5-3-2-4-21-6-8-23(9-7-21)19-31-14-16-35-17-15-31/h2,4,6-13,25H,14-19H2,1H3,(H2,28,33)(H,29,32)(H,30,34)/b4-2+/t25-/m0/s1. The molecule has 1 heterocycles. The zero-order chi connectivity index (χ0) is 25.0. The highest BCUT2D eigenvalue weighted by molar-refractivity contribution is 5.97. The first-order valence-electron chi connectivity index (χ1n) is 11.4. The van der Waals surface area contributed by atoms with E-state index in [1.54, 1.807) is 30.3 Å². The molecule has 0 aromatic heterocycles. The van der Waals surface area contributed by atoms with Crippen LogP contribution in [0.15, 0.2) is 54.6 Å². The Hall–Kier alpha value is -3.93. The zero-order valence-electron chi connectivity index (χ0n) is 19.8. The summed E-state index contributed by atoms with van der Waals surface area (Å²) in [5.74, 6) is 4.52. The number of ether oxygens (including phenoxy) is 1. The summed E-state index contributed by atoms with van der Waals surface area (Å²) in [5, 5.41) is 4.99. The van der Waals surface area contributed by atoms with Crippen LogP contribution in [0.5, 0.6) is 0 Å². The average Bonchev–Trinajstić information content (AvgIpc) is 2.86. The fourth-order valence-electron chi connectivity index (χ4n) is 3.43. The van der Waals surface area contributed by atoms with E-state index in [2.05, 4.69) is 51.6 Å². The number of carbonyl (C=O) groups excluding carboxylic acids is 3. The lowest BCUT2D eigenvalue weighted by atomic mass is 10.1. The number of morpholine rings is 1. The van der Waals surface area contributed by atoms with Crippen molar-refractivity contribution in [2.45, 2.75) is 19.5 Å². The van der Waals surface area contributed by atoms with E-state index >= 15 is 0 Å². The van der Waals surface area contributed by atoms with Crippen LogP contribution in [0.4, 0.5) is 0 Å². The van der Waals surface area contributed by atoms with Crippen molar-refractivity contribution in [1.82, 2.24) is 15.5 Å². The molecule has 0 bridgehead atoms. The lowest BCUT2D eigenvalue weighted by molar-refractivity contribution is -0.121. The molecule has 2 aromatic carbocycles. The Morgan fingerprint density at radius 1 is 1.09 bits per heavy atom.